The van der Waals surface area contributed by atoms with Gasteiger partial charge in [-0.1, -0.05) is 0 Å². The van der Waals surface area contributed by atoms with Crippen LogP contribution in [0, 0.1) is 0 Å². The van der Waals surface area contributed by atoms with Gasteiger partial charge < -0.3 is 10.1 Å². The lowest BCUT2D eigenvalue weighted by Crippen LogP contribution is -2.55. The normalized spacial score (nSPS) is 24.3. The number of aromatic nitrogens is 3. The zero-order chi connectivity index (χ0) is 14.2. The summed E-state index contributed by atoms with van der Waals surface area (Å²) in [6.45, 7) is 1.67. The van der Waals surface area contributed by atoms with Gasteiger partial charge in [0.25, 0.3) is 0 Å². The van der Waals surface area contributed by atoms with E-state index in [2.05, 4.69) is 20.3 Å². The second kappa shape index (κ2) is 4.92. The third-order valence-corrected chi connectivity index (χ3v) is 4.18. The van der Waals surface area contributed by atoms with E-state index in [1.165, 1.54) is 6.33 Å². The van der Waals surface area contributed by atoms with Crippen molar-refractivity contribution in [3.63, 3.8) is 0 Å². The van der Waals surface area contributed by atoms with Gasteiger partial charge in [-0.15, -0.1) is 0 Å². The Labute approximate surface area is 121 Å². The fraction of sp³-hybridized carbons (Fsp3) is 0.429. The number of carbonyl (C=O) groups excluding carboxylic acids is 1. The Balaban J connectivity index is 1.61. The first kappa shape index (κ1) is 12.5. The van der Waals surface area contributed by atoms with Crippen molar-refractivity contribution >= 4 is 17.0 Å². The number of hydrogen-bond acceptors (Lipinski definition) is 6. The van der Waals surface area contributed by atoms with Crippen LogP contribution >= 0.6 is 0 Å². The van der Waals surface area contributed by atoms with E-state index >= 15 is 0 Å². The maximum absolute atomic E-state index is 12.5. The second-order valence-electron chi connectivity index (χ2n) is 5.39. The highest BCUT2D eigenvalue weighted by atomic mass is 16.6. The van der Waals surface area contributed by atoms with Crippen molar-refractivity contribution in [3.05, 3.63) is 24.8 Å². The number of amides is 1. The Hall–Kier alpha value is -2.28. The average Bonchev–Trinajstić information content (AvgIpc) is 2.77. The van der Waals surface area contributed by atoms with Crippen molar-refractivity contribution in [2.75, 3.05) is 13.1 Å². The van der Waals surface area contributed by atoms with Crippen molar-refractivity contribution < 1.29 is 9.53 Å². The number of pyridine rings is 1. The van der Waals surface area contributed by atoms with Crippen LogP contribution in [0.25, 0.3) is 10.9 Å². The molecule has 2 aromatic rings. The van der Waals surface area contributed by atoms with Crippen molar-refractivity contribution in [3.8, 4) is 5.88 Å². The highest BCUT2D eigenvalue weighted by Gasteiger charge is 2.40. The minimum absolute atomic E-state index is 0.228. The standard InChI is InChI=1S/C14H15N5O2/c20-14(19-9-1-2-10(19)6-16-5-9)21-13-11-3-4-15-7-12(11)17-8-18-13/h3-4,7-10,16H,1-2,5-6H2. The molecule has 2 saturated heterocycles. The van der Waals surface area contributed by atoms with Crippen LogP contribution in [-0.2, 0) is 0 Å². The summed E-state index contributed by atoms with van der Waals surface area (Å²) in [7, 11) is 0. The molecule has 2 atom stereocenters. The third-order valence-electron chi connectivity index (χ3n) is 4.18. The molecule has 7 heteroatoms. The van der Waals surface area contributed by atoms with E-state index < -0.39 is 0 Å². The Morgan fingerprint density at radius 3 is 2.90 bits per heavy atom. The molecular formula is C14H15N5O2. The molecule has 2 aliphatic heterocycles. The summed E-state index contributed by atoms with van der Waals surface area (Å²) in [6.07, 6.45) is 6.39. The Kier molecular flexibility index (Phi) is 2.92. The second-order valence-corrected chi connectivity index (χ2v) is 5.39. The van der Waals surface area contributed by atoms with E-state index in [-0.39, 0.29) is 18.2 Å². The maximum atomic E-state index is 12.5. The van der Waals surface area contributed by atoms with Crippen LogP contribution in [0.1, 0.15) is 12.8 Å². The zero-order valence-corrected chi connectivity index (χ0v) is 11.4. The predicted octanol–water partition coefficient (Wildman–Crippen LogP) is 0.960. The summed E-state index contributed by atoms with van der Waals surface area (Å²) in [5.74, 6) is 0.297. The van der Waals surface area contributed by atoms with Crippen molar-refractivity contribution in [2.45, 2.75) is 24.9 Å². The summed E-state index contributed by atoms with van der Waals surface area (Å²) in [5, 5.41) is 4.04. The van der Waals surface area contributed by atoms with Crippen LogP contribution in [0.2, 0.25) is 0 Å². The fourth-order valence-electron chi connectivity index (χ4n) is 3.18. The van der Waals surface area contributed by atoms with E-state index in [0.717, 1.165) is 25.9 Å². The van der Waals surface area contributed by atoms with Crippen LogP contribution < -0.4 is 10.1 Å². The fourth-order valence-corrected chi connectivity index (χ4v) is 3.18. The van der Waals surface area contributed by atoms with E-state index in [0.29, 0.717) is 16.8 Å². The molecule has 0 spiro atoms. The summed E-state index contributed by atoms with van der Waals surface area (Å²) in [6, 6.07) is 2.21. The molecule has 1 amide bonds. The van der Waals surface area contributed by atoms with Gasteiger partial charge in [0.05, 0.1) is 17.1 Å². The quantitative estimate of drug-likeness (QED) is 0.840. The molecule has 0 saturated carbocycles. The van der Waals surface area contributed by atoms with Crippen LogP contribution in [0.5, 0.6) is 5.88 Å². The molecule has 0 radical (unpaired) electrons. The first-order chi connectivity index (χ1) is 10.3. The molecule has 0 aliphatic carbocycles. The zero-order valence-electron chi connectivity index (χ0n) is 11.4. The largest absolute Gasteiger partial charge is 0.417 e. The van der Waals surface area contributed by atoms with Crippen LogP contribution in [0.3, 0.4) is 0 Å². The first-order valence-corrected chi connectivity index (χ1v) is 7.08. The topological polar surface area (TPSA) is 80.2 Å². The van der Waals surface area contributed by atoms with Crippen LogP contribution in [-0.4, -0.2) is 51.1 Å². The molecule has 2 unspecified atom stereocenters. The van der Waals surface area contributed by atoms with Gasteiger partial charge in [-0.05, 0) is 18.9 Å². The maximum Gasteiger partial charge on any atom is 0.417 e. The number of nitrogens with one attached hydrogen (secondary N) is 1. The number of hydrogen-bond donors (Lipinski definition) is 1. The molecule has 2 aliphatic rings. The van der Waals surface area contributed by atoms with E-state index in [1.807, 2.05) is 4.90 Å². The van der Waals surface area contributed by atoms with E-state index in [1.54, 1.807) is 18.5 Å². The minimum atomic E-state index is -0.319. The molecule has 2 bridgehead atoms. The molecule has 0 aromatic carbocycles. The number of piperazine rings is 1. The van der Waals surface area contributed by atoms with Gasteiger partial charge in [-0.2, -0.15) is 0 Å². The molecule has 21 heavy (non-hydrogen) atoms. The molecular weight excluding hydrogens is 270 g/mol. The summed E-state index contributed by atoms with van der Waals surface area (Å²) < 4.78 is 5.53. The van der Waals surface area contributed by atoms with Gasteiger partial charge in [0.1, 0.15) is 6.33 Å². The lowest BCUT2D eigenvalue weighted by molar-refractivity contribution is 0.114. The Bertz CT molecular complexity index is 671. The molecule has 2 fully saturated rings. The molecule has 1 N–H and O–H groups in total. The monoisotopic (exact) mass is 285 g/mol. The number of carbonyl (C=O) groups is 1. The van der Waals surface area contributed by atoms with Crippen molar-refractivity contribution in [2.24, 2.45) is 0 Å². The van der Waals surface area contributed by atoms with E-state index in [9.17, 15) is 4.79 Å². The number of rotatable bonds is 1. The highest BCUT2D eigenvalue weighted by Crippen LogP contribution is 2.28. The lowest BCUT2D eigenvalue weighted by Gasteiger charge is -2.34. The minimum Gasteiger partial charge on any atom is -0.390 e. The van der Waals surface area contributed by atoms with Gasteiger partial charge in [-0.25, -0.2) is 14.8 Å². The Morgan fingerprint density at radius 2 is 2.10 bits per heavy atom. The summed E-state index contributed by atoms with van der Waals surface area (Å²) in [4.78, 5) is 26.5. The van der Waals surface area contributed by atoms with Crippen LogP contribution in [0.4, 0.5) is 4.79 Å². The highest BCUT2D eigenvalue weighted by molar-refractivity contribution is 5.85. The van der Waals surface area contributed by atoms with Gasteiger partial charge in [0.2, 0.25) is 5.88 Å². The first-order valence-electron chi connectivity index (χ1n) is 7.08. The Morgan fingerprint density at radius 1 is 1.29 bits per heavy atom. The molecule has 4 heterocycles. The van der Waals surface area contributed by atoms with Crippen molar-refractivity contribution in [1.29, 1.82) is 0 Å². The number of fused-ring (bicyclic) bond motifs is 3. The van der Waals surface area contributed by atoms with Crippen molar-refractivity contribution in [1.82, 2.24) is 25.2 Å². The van der Waals surface area contributed by atoms with E-state index in [4.69, 9.17) is 4.74 Å². The third kappa shape index (κ3) is 2.09. The molecule has 2 aromatic heterocycles. The van der Waals surface area contributed by atoms with Gasteiger partial charge in [0.15, 0.2) is 0 Å². The van der Waals surface area contributed by atoms with Gasteiger partial charge in [0, 0.05) is 31.4 Å². The number of nitrogens with zero attached hydrogens (tertiary/aromatic N) is 4. The van der Waals surface area contributed by atoms with Crippen LogP contribution in [0.15, 0.2) is 24.8 Å². The SMILES string of the molecule is O=C(Oc1ncnc2cnccc12)N1C2CCC1CNC2. The molecule has 7 nitrogen and oxygen atoms in total. The molecule has 4 rings (SSSR count). The molecule has 108 valence electrons. The number of ether oxygens (including phenoxy) is 1. The smallest absolute Gasteiger partial charge is 0.390 e. The lowest BCUT2D eigenvalue weighted by atomic mass is 10.2. The predicted molar refractivity (Wildman–Crippen MR) is 74.9 cm³/mol. The summed E-state index contributed by atoms with van der Waals surface area (Å²) >= 11 is 0. The van der Waals surface area contributed by atoms with Gasteiger partial charge in [-0.3, -0.25) is 9.88 Å². The summed E-state index contributed by atoms with van der Waals surface area (Å²) in [5.41, 5.74) is 0.665. The van der Waals surface area contributed by atoms with Gasteiger partial charge >= 0.3 is 6.09 Å². The average molecular weight is 285 g/mol.